The lowest BCUT2D eigenvalue weighted by Gasteiger charge is -2.20. The van der Waals surface area contributed by atoms with E-state index in [1.165, 1.54) is 10.4 Å². The van der Waals surface area contributed by atoms with E-state index in [1.54, 1.807) is 36.9 Å². The van der Waals surface area contributed by atoms with Crippen LogP contribution in [0.25, 0.3) is 11.5 Å². The van der Waals surface area contributed by atoms with Gasteiger partial charge in [0.15, 0.2) is 0 Å². The van der Waals surface area contributed by atoms with Crippen molar-refractivity contribution in [2.75, 3.05) is 25.4 Å². The third-order valence-corrected chi connectivity index (χ3v) is 7.95. The molecule has 0 aliphatic rings. The molecule has 0 radical (unpaired) electrons. The van der Waals surface area contributed by atoms with Crippen LogP contribution in [0.4, 0.5) is 0 Å². The highest BCUT2D eigenvalue weighted by Crippen LogP contribution is 2.26. The molecule has 0 atom stereocenters. The molecular formula is C23H28N4O4S2. The average Bonchev–Trinajstić information content (AvgIpc) is 3.31. The summed E-state index contributed by atoms with van der Waals surface area (Å²) in [4.78, 5) is 14.6. The van der Waals surface area contributed by atoms with Gasteiger partial charge in [0.25, 0.3) is 5.22 Å². The molecule has 176 valence electrons. The van der Waals surface area contributed by atoms with Gasteiger partial charge >= 0.3 is 0 Å². The first-order valence-electron chi connectivity index (χ1n) is 10.8. The highest BCUT2D eigenvalue weighted by atomic mass is 32.2. The van der Waals surface area contributed by atoms with E-state index in [1.807, 2.05) is 37.3 Å². The number of carbonyl (C=O) groups is 1. The van der Waals surface area contributed by atoms with Crippen molar-refractivity contribution < 1.29 is 17.6 Å². The molecule has 0 saturated heterocycles. The molecule has 0 spiro atoms. The van der Waals surface area contributed by atoms with Crippen LogP contribution in [0.5, 0.6) is 0 Å². The van der Waals surface area contributed by atoms with E-state index >= 15 is 0 Å². The number of hydrogen-bond acceptors (Lipinski definition) is 7. The summed E-state index contributed by atoms with van der Waals surface area (Å²) in [5.41, 5.74) is 1.57. The lowest BCUT2D eigenvalue weighted by Crippen LogP contribution is -2.31. The number of aromatic nitrogens is 2. The topological polar surface area (TPSA) is 96.6 Å². The molecule has 0 N–H and O–H groups in total. The van der Waals surface area contributed by atoms with Gasteiger partial charge in [0, 0.05) is 31.7 Å². The number of benzene rings is 2. The van der Waals surface area contributed by atoms with Crippen molar-refractivity contribution in [2.45, 2.75) is 37.4 Å². The Morgan fingerprint density at radius 1 is 0.970 bits per heavy atom. The minimum atomic E-state index is -3.60. The zero-order valence-corrected chi connectivity index (χ0v) is 20.6. The first kappa shape index (κ1) is 24.9. The SMILES string of the molecule is CCN(Cc1ccccc1)C(=O)CSc1nnc(-c2cccc(S(=O)(=O)N(CC)CC)c2)o1. The second-order valence-corrected chi connectivity index (χ2v) is 10.0. The van der Waals surface area contributed by atoms with Crippen molar-refractivity contribution in [1.82, 2.24) is 19.4 Å². The predicted octanol–water partition coefficient (Wildman–Crippen LogP) is 3.91. The zero-order valence-electron chi connectivity index (χ0n) is 19.0. The molecule has 10 heteroatoms. The fourth-order valence-corrected chi connectivity index (χ4v) is 5.45. The first-order chi connectivity index (χ1) is 15.9. The standard InChI is InChI=1S/C23H28N4O4S2/c1-4-26(16-18-11-8-7-9-12-18)21(28)17-32-23-25-24-22(31-23)19-13-10-14-20(15-19)33(29,30)27(5-2)6-3/h7-15H,4-6,16-17H2,1-3H3. The molecule has 2 aromatic carbocycles. The van der Waals surface area contributed by atoms with Crippen LogP contribution in [-0.4, -0.2) is 59.1 Å². The maximum atomic E-state index is 12.8. The third-order valence-electron chi connectivity index (χ3n) is 5.10. The van der Waals surface area contributed by atoms with E-state index in [0.717, 1.165) is 17.3 Å². The molecule has 33 heavy (non-hydrogen) atoms. The molecule has 1 heterocycles. The van der Waals surface area contributed by atoms with Crippen LogP contribution in [0, 0.1) is 0 Å². The Balaban J connectivity index is 1.67. The third kappa shape index (κ3) is 6.21. The van der Waals surface area contributed by atoms with Crippen molar-refractivity contribution in [1.29, 1.82) is 0 Å². The molecule has 0 unspecified atom stereocenters. The summed E-state index contributed by atoms with van der Waals surface area (Å²) < 4.78 is 32.7. The Morgan fingerprint density at radius 2 is 1.70 bits per heavy atom. The molecule has 1 amide bonds. The molecule has 0 aliphatic heterocycles. The summed E-state index contributed by atoms with van der Waals surface area (Å²) in [5, 5.41) is 8.30. The Labute approximate surface area is 199 Å². The minimum absolute atomic E-state index is 0.0292. The van der Waals surface area contributed by atoms with Crippen molar-refractivity contribution >= 4 is 27.7 Å². The lowest BCUT2D eigenvalue weighted by molar-refractivity contribution is -0.128. The quantitative estimate of drug-likeness (QED) is 0.378. The maximum Gasteiger partial charge on any atom is 0.277 e. The molecule has 0 bridgehead atoms. The molecule has 0 aliphatic carbocycles. The van der Waals surface area contributed by atoms with Gasteiger partial charge in [-0.3, -0.25) is 4.79 Å². The van der Waals surface area contributed by atoms with Crippen LogP contribution in [0.2, 0.25) is 0 Å². The Kier molecular flexibility index (Phi) is 8.65. The van der Waals surface area contributed by atoms with Crippen molar-refractivity contribution in [3.05, 3.63) is 60.2 Å². The minimum Gasteiger partial charge on any atom is -0.411 e. The Bertz CT molecular complexity index is 1160. The molecule has 0 saturated carbocycles. The molecule has 0 fully saturated rings. The van der Waals surface area contributed by atoms with E-state index in [-0.39, 0.29) is 27.7 Å². The summed E-state index contributed by atoms with van der Waals surface area (Å²) >= 11 is 1.16. The van der Waals surface area contributed by atoms with Crippen molar-refractivity contribution in [3.8, 4) is 11.5 Å². The van der Waals surface area contributed by atoms with E-state index in [9.17, 15) is 13.2 Å². The normalized spacial score (nSPS) is 11.6. The number of carbonyl (C=O) groups excluding carboxylic acids is 1. The molecule has 8 nitrogen and oxygen atoms in total. The predicted molar refractivity (Wildman–Crippen MR) is 128 cm³/mol. The average molecular weight is 489 g/mol. The number of sulfonamides is 1. The Hall–Kier alpha value is -2.69. The molecule has 1 aromatic heterocycles. The second kappa shape index (κ2) is 11.4. The number of amides is 1. The van der Waals surface area contributed by atoms with Gasteiger partial charge in [0.2, 0.25) is 21.8 Å². The fourth-order valence-electron chi connectivity index (χ4n) is 3.28. The fraction of sp³-hybridized carbons (Fsp3) is 0.348. The maximum absolute atomic E-state index is 12.8. The van der Waals surface area contributed by atoms with E-state index in [2.05, 4.69) is 10.2 Å². The van der Waals surface area contributed by atoms with Gasteiger partial charge in [-0.15, -0.1) is 10.2 Å². The van der Waals surface area contributed by atoms with E-state index < -0.39 is 10.0 Å². The monoisotopic (exact) mass is 488 g/mol. The van der Waals surface area contributed by atoms with Crippen LogP contribution < -0.4 is 0 Å². The van der Waals surface area contributed by atoms with Gasteiger partial charge in [-0.1, -0.05) is 62.0 Å². The lowest BCUT2D eigenvalue weighted by atomic mass is 10.2. The van der Waals surface area contributed by atoms with Crippen molar-refractivity contribution in [2.24, 2.45) is 0 Å². The summed E-state index contributed by atoms with van der Waals surface area (Å²) in [6.45, 7) is 7.45. The first-order valence-corrected chi connectivity index (χ1v) is 13.2. The van der Waals surface area contributed by atoms with Gasteiger partial charge in [-0.25, -0.2) is 8.42 Å². The highest BCUT2D eigenvalue weighted by Gasteiger charge is 2.23. The van der Waals surface area contributed by atoms with Crippen LogP contribution >= 0.6 is 11.8 Å². The number of nitrogens with zero attached hydrogens (tertiary/aromatic N) is 4. The number of rotatable bonds is 11. The largest absolute Gasteiger partial charge is 0.411 e. The number of thioether (sulfide) groups is 1. The number of hydrogen-bond donors (Lipinski definition) is 0. The van der Waals surface area contributed by atoms with E-state index in [4.69, 9.17) is 4.42 Å². The van der Waals surface area contributed by atoms with Crippen molar-refractivity contribution in [3.63, 3.8) is 0 Å². The summed E-state index contributed by atoms with van der Waals surface area (Å²) in [7, 11) is -3.60. The highest BCUT2D eigenvalue weighted by molar-refractivity contribution is 7.99. The van der Waals surface area contributed by atoms with Gasteiger partial charge in [0.1, 0.15) is 0 Å². The van der Waals surface area contributed by atoms with Gasteiger partial charge in [0.05, 0.1) is 10.6 Å². The summed E-state index contributed by atoms with van der Waals surface area (Å²) in [6.07, 6.45) is 0. The van der Waals surface area contributed by atoms with Crippen LogP contribution in [0.1, 0.15) is 26.3 Å². The van der Waals surface area contributed by atoms with Crippen LogP contribution in [0.3, 0.4) is 0 Å². The van der Waals surface area contributed by atoms with Gasteiger partial charge in [-0.2, -0.15) is 4.31 Å². The smallest absolute Gasteiger partial charge is 0.277 e. The summed E-state index contributed by atoms with van der Waals surface area (Å²) in [5.74, 6) is 0.343. The van der Waals surface area contributed by atoms with Gasteiger partial charge in [-0.05, 0) is 30.7 Å². The van der Waals surface area contributed by atoms with Crippen LogP contribution in [0.15, 0.2) is 69.1 Å². The molecular weight excluding hydrogens is 460 g/mol. The second-order valence-electron chi connectivity index (χ2n) is 7.17. The van der Waals surface area contributed by atoms with Crippen LogP contribution in [-0.2, 0) is 21.4 Å². The summed E-state index contributed by atoms with van der Waals surface area (Å²) in [6, 6.07) is 16.3. The Morgan fingerprint density at radius 3 is 2.36 bits per heavy atom. The van der Waals surface area contributed by atoms with Gasteiger partial charge < -0.3 is 9.32 Å². The van der Waals surface area contributed by atoms with E-state index in [0.29, 0.717) is 31.7 Å². The molecule has 3 rings (SSSR count). The molecule has 3 aromatic rings. The zero-order chi connectivity index (χ0) is 23.8.